The van der Waals surface area contributed by atoms with Crippen molar-refractivity contribution in [3.63, 3.8) is 0 Å². The lowest BCUT2D eigenvalue weighted by molar-refractivity contribution is -0.135. The molecule has 17 heteroatoms. The van der Waals surface area contributed by atoms with Gasteiger partial charge in [0.2, 0.25) is 17.7 Å². The molecule has 0 bridgehead atoms. The maximum absolute atomic E-state index is 13.1. The average Bonchev–Trinajstić information content (AvgIpc) is 3.78. The number of imide groups is 1. The molecule has 3 aromatic heterocycles. The monoisotopic (exact) mass is 804 g/mol. The smallest absolute Gasteiger partial charge is 0.329 e. The normalized spacial score (nSPS) is 20.5. The number of imidazole rings is 1. The molecule has 1 unspecified atom stereocenters. The van der Waals surface area contributed by atoms with Gasteiger partial charge in [0.15, 0.2) is 0 Å². The number of para-hydroxylation sites is 1. The van der Waals surface area contributed by atoms with E-state index in [0.717, 1.165) is 86.1 Å². The number of rotatable bonds is 20. The van der Waals surface area contributed by atoms with Crippen molar-refractivity contribution in [2.75, 3.05) is 71.4 Å². The summed E-state index contributed by atoms with van der Waals surface area (Å²) in [7, 11) is 1.71. The van der Waals surface area contributed by atoms with Crippen molar-refractivity contribution in [3.05, 3.63) is 52.3 Å². The molecular weight excluding hydrogens is 748 g/mol. The molecule has 3 amide bonds. The van der Waals surface area contributed by atoms with E-state index in [0.29, 0.717) is 70.5 Å². The maximum atomic E-state index is 13.1. The Labute approximate surface area is 336 Å². The van der Waals surface area contributed by atoms with Gasteiger partial charge in [-0.25, -0.2) is 14.8 Å². The van der Waals surface area contributed by atoms with Crippen LogP contribution < -0.4 is 21.6 Å². The highest BCUT2D eigenvalue weighted by Gasteiger charge is 2.32. The summed E-state index contributed by atoms with van der Waals surface area (Å²) >= 11 is 0. The summed E-state index contributed by atoms with van der Waals surface area (Å²) in [5.41, 5.74) is 4.31. The Morgan fingerprint density at radius 3 is 2.33 bits per heavy atom. The Morgan fingerprint density at radius 2 is 1.59 bits per heavy atom. The third-order valence-electron chi connectivity index (χ3n) is 11.4. The van der Waals surface area contributed by atoms with Gasteiger partial charge in [-0.05, 0) is 80.9 Å². The van der Waals surface area contributed by atoms with Crippen LogP contribution in [0.2, 0.25) is 0 Å². The summed E-state index contributed by atoms with van der Waals surface area (Å²) in [5.74, 6) is 0.451. The van der Waals surface area contributed by atoms with Gasteiger partial charge < -0.3 is 39.3 Å². The zero-order chi connectivity index (χ0) is 40.3. The van der Waals surface area contributed by atoms with Crippen LogP contribution in [-0.4, -0.2) is 120 Å². The Bertz CT molecular complexity index is 2060. The number of fused-ring (bicyclic) bond motifs is 2. The molecule has 4 N–H and O–H groups in total. The molecule has 1 atom stereocenters. The van der Waals surface area contributed by atoms with E-state index in [1.165, 1.54) is 10.1 Å². The lowest BCUT2D eigenvalue weighted by Gasteiger charge is -2.30. The number of nitrogens with zero attached hydrogens (tertiary/aromatic N) is 4. The number of nitrogens with one attached hydrogen (secondary N) is 4. The van der Waals surface area contributed by atoms with Gasteiger partial charge in [0.05, 0.1) is 56.1 Å². The van der Waals surface area contributed by atoms with E-state index in [1.54, 1.807) is 17.9 Å². The molecule has 3 fully saturated rings. The molecule has 0 spiro atoms. The second-order valence-corrected chi connectivity index (χ2v) is 15.3. The Kier molecular flexibility index (Phi) is 14.5. The van der Waals surface area contributed by atoms with E-state index in [4.69, 9.17) is 23.7 Å². The zero-order valence-corrected chi connectivity index (χ0v) is 33.3. The molecule has 2 aliphatic heterocycles. The number of carbonyl (C=O) groups is 3. The molecule has 2 saturated heterocycles. The summed E-state index contributed by atoms with van der Waals surface area (Å²) < 4.78 is 31.1. The van der Waals surface area contributed by atoms with Crippen molar-refractivity contribution in [1.29, 1.82) is 0 Å². The van der Waals surface area contributed by atoms with Crippen LogP contribution in [-0.2, 0) is 51.5 Å². The number of ether oxygens (including phenoxy) is 5. The van der Waals surface area contributed by atoms with Gasteiger partial charge in [0.1, 0.15) is 30.4 Å². The molecule has 58 heavy (non-hydrogen) atoms. The number of aryl methyl sites for hydroxylation is 2. The second kappa shape index (κ2) is 20.3. The fourth-order valence-corrected chi connectivity index (χ4v) is 8.41. The summed E-state index contributed by atoms with van der Waals surface area (Å²) in [6.45, 7) is 4.49. The van der Waals surface area contributed by atoms with Crippen molar-refractivity contribution in [2.24, 2.45) is 7.05 Å². The highest BCUT2D eigenvalue weighted by molar-refractivity contribution is 6.00. The number of piperidine rings is 1. The summed E-state index contributed by atoms with van der Waals surface area (Å²) in [5, 5.41) is 10.2. The molecule has 0 radical (unpaired) electrons. The fourth-order valence-electron chi connectivity index (χ4n) is 8.41. The van der Waals surface area contributed by atoms with Crippen molar-refractivity contribution < 1.29 is 38.1 Å². The first kappa shape index (κ1) is 41.5. The van der Waals surface area contributed by atoms with Crippen molar-refractivity contribution in [2.45, 2.75) is 88.3 Å². The van der Waals surface area contributed by atoms with E-state index in [1.807, 2.05) is 18.2 Å². The van der Waals surface area contributed by atoms with Crippen LogP contribution in [0, 0.1) is 0 Å². The number of anilines is 1. The third kappa shape index (κ3) is 10.3. The lowest BCUT2D eigenvalue weighted by Crippen LogP contribution is -2.44. The Hall–Kier alpha value is -4.68. The number of benzene rings is 1. The molecule has 1 aliphatic carbocycles. The maximum Gasteiger partial charge on any atom is 0.329 e. The molecule has 1 aromatic carbocycles. The minimum absolute atomic E-state index is 0.000848. The van der Waals surface area contributed by atoms with Crippen LogP contribution >= 0.6 is 0 Å². The topological polar surface area (TPSA) is 202 Å². The highest BCUT2D eigenvalue weighted by Crippen LogP contribution is 2.35. The molecule has 5 heterocycles. The number of hydrogen-bond acceptors (Lipinski definition) is 12. The van der Waals surface area contributed by atoms with Crippen LogP contribution in [0.25, 0.3) is 22.1 Å². The summed E-state index contributed by atoms with van der Waals surface area (Å²) in [4.78, 5) is 62.2. The van der Waals surface area contributed by atoms with Gasteiger partial charge in [-0.15, -0.1) is 0 Å². The average molecular weight is 805 g/mol. The van der Waals surface area contributed by atoms with E-state index in [9.17, 15) is 19.2 Å². The number of aromatic nitrogens is 5. The molecular formula is C41H56N8O9. The van der Waals surface area contributed by atoms with Crippen molar-refractivity contribution in [3.8, 4) is 0 Å². The van der Waals surface area contributed by atoms with Gasteiger partial charge in [-0.1, -0.05) is 12.1 Å². The number of amides is 3. The third-order valence-corrected chi connectivity index (χ3v) is 11.4. The molecule has 1 saturated carbocycles. The number of hydrogen-bond donors (Lipinski definition) is 4. The molecule has 17 nitrogen and oxygen atoms in total. The molecule has 3 aliphatic rings. The quantitative estimate of drug-likeness (QED) is 0.0753. The van der Waals surface area contributed by atoms with E-state index in [2.05, 4.69) is 37.1 Å². The van der Waals surface area contributed by atoms with Gasteiger partial charge in [-0.3, -0.25) is 28.8 Å². The Balaban J connectivity index is 0.698. The van der Waals surface area contributed by atoms with Gasteiger partial charge >= 0.3 is 5.69 Å². The second-order valence-electron chi connectivity index (χ2n) is 15.3. The first-order chi connectivity index (χ1) is 28.4. The van der Waals surface area contributed by atoms with Crippen LogP contribution in [0.3, 0.4) is 0 Å². The number of H-pyrrole nitrogens is 1. The Morgan fingerprint density at radius 1 is 0.879 bits per heavy atom. The summed E-state index contributed by atoms with van der Waals surface area (Å²) in [6, 6.07) is 5.41. The predicted octanol–water partition coefficient (Wildman–Crippen LogP) is 3.02. The van der Waals surface area contributed by atoms with Crippen LogP contribution in [0.5, 0.6) is 0 Å². The minimum Gasteiger partial charge on any atom is -0.381 e. The lowest BCUT2D eigenvalue weighted by atomic mass is 9.90. The van der Waals surface area contributed by atoms with Crippen LogP contribution in [0.15, 0.2) is 35.5 Å². The van der Waals surface area contributed by atoms with Gasteiger partial charge in [-0.2, -0.15) is 0 Å². The van der Waals surface area contributed by atoms with E-state index in [-0.39, 0.29) is 42.6 Å². The summed E-state index contributed by atoms with van der Waals surface area (Å²) in [6.07, 6.45) is 11.3. The predicted molar refractivity (Wildman–Crippen MR) is 215 cm³/mol. The van der Waals surface area contributed by atoms with Crippen molar-refractivity contribution >= 4 is 45.6 Å². The number of carbonyl (C=O) groups excluding carboxylic acids is 3. The van der Waals surface area contributed by atoms with E-state index < -0.39 is 11.9 Å². The van der Waals surface area contributed by atoms with Crippen molar-refractivity contribution in [1.82, 2.24) is 34.7 Å². The van der Waals surface area contributed by atoms with E-state index >= 15 is 0 Å². The SMILES string of the molecule is Cn1c(=O)n(C2CCC(=O)NC2=O)c2cccc(CCCOCCOCCOCCOCC(=O)NC3CCC(Nc4ncnc5[nH]cc(C6CCOCC6)c45)CC3)c21. The first-order valence-electron chi connectivity index (χ1n) is 20.7. The van der Waals surface area contributed by atoms with Crippen LogP contribution in [0.4, 0.5) is 5.82 Å². The molecule has 7 rings (SSSR count). The van der Waals surface area contributed by atoms with Gasteiger partial charge in [0, 0.05) is 51.6 Å². The standard InChI is InChI=1S/C41H56N8O9/c1-48-37-28(4-2-6-32(37)49(41(48)53)33-11-12-34(50)47-40(33)52)5-3-15-54-18-19-56-20-21-57-22-23-58-25-35(51)45-29-7-9-30(10-8-29)46-39-36-31(27-13-16-55-17-14-27)24-42-38(36)43-26-44-39/h2,4,6,24,26-27,29-30,33H,3,5,7-23,25H2,1H3,(H,45,51)(H,47,50,52)(H2,42,43,44,46). The number of aromatic amines is 1. The fraction of sp³-hybridized carbons (Fsp3) is 0.610. The van der Waals surface area contributed by atoms with Gasteiger partial charge in [0.25, 0.3) is 0 Å². The zero-order valence-electron chi connectivity index (χ0n) is 33.3. The largest absolute Gasteiger partial charge is 0.381 e. The molecule has 314 valence electrons. The first-order valence-corrected chi connectivity index (χ1v) is 20.7. The highest BCUT2D eigenvalue weighted by atomic mass is 16.6. The molecule has 4 aromatic rings. The van der Waals surface area contributed by atoms with Crippen LogP contribution in [0.1, 0.15) is 80.9 Å². The minimum atomic E-state index is -0.707.